The van der Waals surface area contributed by atoms with Gasteiger partial charge in [-0.1, -0.05) is 6.92 Å². The zero-order valence-electron chi connectivity index (χ0n) is 14.1. The molecule has 0 bridgehead atoms. The van der Waals surface area contributed by atoms with E-state index in [1.54, 1.807) is 0 Å². The highest BCUT2D eigenvalue weighted by Crippen LogP contribution is 2.37. The third kappa shape index (κ3) is 5.19. The van der Waals surface area contributed by atoms with Crippen LogP contribution in [0.2, 0.25) is 0 Å². The lowest BCUT2D eigenvalue weighted by Gasteiger charge is -2.22. The van der Waals surface area contributed by atoms with Gasteiger partial charge in [-0.15, -0.1) is 0 Å². The predicted octanol–water partition coefficient (Wildman–Crippen LogP) is 4.29. The summed E-state index contributed by atoms with van der Waals surface area (Å²) in [6.07, 6.45) is -19.3. The van der Waals surface area contributed by atoms with E-state index < -0.39 is 57.5 Å². The molecule has 0 fully saturated rings. The Morgan fingerprint density at radius 1 is 1.14 bits per heavy atom. The van der Waals surface area contributed by atoms with Crippen LogP contribution in [-0.2, 0) is 17.0 Å². The molecule has 2 unspecified atom stereocenters. The first-order valence-electron chi connectivity index (χ1n) is 7.45. The van der Waals surface area contributed by atoms with Crippen molar-refractivity contribution < 1.29 is 48.5 Å². The molecule has 2 aromatic heterocycles. The van der Waals surface area contributed by atoms with E-state index in [9.17, 15) is 43.7 Å². The molecule has 0 aliphatic heterocycles. The SMILES string of the molecule is CCS(=O)c1cc(C(F)(F)F)cnc1-n1cc(OC(F)(F)C(F)C(F)(F)F)cn1. The minimum Gasteiger partial charge on any atom is -0.427 e. The van der Waals surface area contributed by atoms with Gasteiger partial charge in [-0.25, -0.2) is 14.1 Å². The zero-order chi connectivity index (χ0) is 22.2. The summed E-state index contributed by atoms with van der Waals surface area (Å²) in [7, 11) is -2.00. The molecule has 2 rings (SSSR count). The maximum absolute atomic E-state index is 13.3. The molecule has 0 aliphatic carbocycles. The molecular weight excluding hydrogens is 445 g/mol. The van der Waals surface area contributed by atoms with Crippen molar-refractivity contribution >= 4 is 10.8 Å². The van der Waals surface area contributed by atoms with Crippen molar-refractivity contribution in [2.45, 2.75) is 36.5 Å². The van der Waals surface area contributed by atoms with Crippen LogP contribution in [0.3, 0.4) is 0 Å². The number of hydrogen-bond acceptors (Lipinski definition) is 4. The summed E-state index contributed by atoms with van der Waals surface area (Å²) in [6, 6.07) is 0.514. The number of rotatable bonds is 6. The van der Waals surface area contributed by atoms with Crippen LogP contribution in [0.5, 0.6) is 5.75 Å². The van der Waals surface area contributed by atoms with Gasteiger partial charge in [-0.05, 0) is 6.07 Å². The minimum absolute atomic E-state index is 0.131. The Hall–Kier alpha value is -2.32. The number of ether oxygens (including phenoxy) is 1. The maximum Gasteiger partial charge on any atom is 0.439 e. The molecule has 0 spiro atoms. The van der Waals surface area contributed by atoms with Crippen molar-refractivity contribution in [2.24, 2.45) is 0 Å². The molecule has 5 nitrogen and oxygen atoms in total. The van der Waals surface area contributed by atoms with Gasteiger partial charge in [-0.2, -0.15) is 40.2 Å². The van der Waals surface area contributed by atoms with Crippen LogP contribution in [0.4, 0.5) is 39.5 Å². The van der Waals surface area contributed by atoms with Crippen molar-refractivity contribution in [3.8, 4) is 11.6 Å². The maximum atomic E-state index is 13.3. The first-order chi connectivity index (χ1) is 13.2. The van der Waals surface area contributed by atoms with Crippen molar-refractivity contribution in [1.82, 2.24) is 14.8 Å². The fourth-order valence-electron chi connectivity index (χ4n) is 1.96. The second-order valence-corrected chi connectivity index (χ2v) is 7.07. The second kappa shape index (κ2) is 7.84. The lowest BCUT2D eigenvalue weighted by molar-refractivity contribution is -0.305. The molecule has 162 valence electrons. The fourth-order valence-corrected chi connectivity index (χ4v) is 2.88. The molecule has 29 heavy (non-hydrogen) atoms. The summed E-state index contributed by atoms with van der Waals surface area (Å²) in [5.41, 5.74) is -1.24. The zero-order valence-corrected chi connectivity index (χ0v) is 14.9. The van der Waals surface area contributed by atoms with Gasteiger partial charge in [0.25, 0.3) is 6.17 Å². The van der Waals surface area contributed by atoms with Crippen LogP contribution in [0.15, 0.2) is 29.6 Å². The largest absolute Gasteiger partial charge is 0.439 e. The standard InChI is InChI=1S/C14H10F9N3O2S/c1-2-29(27)9-3-7(12(16,17)18)4-24-10(9)26-6-8(5-25-26)28-14(22,23)11(15)13(19,20)21/h3-6,11H,2H2,1H3. The van der Waals surface area contributed by atoms with Crippen LogP contribution in [0, 0.1) is 0 Å². The number of nitrogens with zero attached hydrogens (tertiary/aromatic N) is 3. The molecule has 0 radical (unpaired) electrons. The molecule has 0 N–H and O–H groups in total. The summed E-state index contributed by atoms with van der Waals surface area (Å²) in [4.78, 5) is 3.00. The van der Waals surface area contributed by atoms with Crippen molar-refractivity contribution in [3.63, 3.8) is 0 Å². The van der Waals surface area contributed by atoms with Gasteiger partial charge in [0.05, 0.1) is 33.7 Å². The molecule has 0 saturated carbocycles. The summed E-state index contributed by atoms with van der Waals surface area (Å²) < 4.78 is 131. The van der Waals surface area contributed by atoms with Crippen LogP contribution in [0.1, 0.15) is 12.5 Å². The third-order valence-corrected chi connectivity index (χ3v) is 4.60. The first kappa shape index (κ1) is 23.0. The highest BCUT2D eigenvalue weighted by molar-refractivity contribution is 7.85. The Labute approximate surface area is 158 Å². The number of pyridine rings is 1. The Kier molecular flexibility index (Phi) is 6.20. The molecule has 0 amide bonds. The topological polar surface area (TPSA) is 57.0 Å². The monoisotopic (exact) mass is 455 g/mol. The molecule has 0 aromatic carbocycles. The second-order valence-electron chi connectivity index (χ2n) is 5.37. The van der Waals surface area contributed by atoms with Crippen LogP contribution in [-0.4, -0.2) is 43.2 Å². The van der Waals surface area contributed by atoms with Gasteiger partial charge in [0.15, 0.2) is 11.6 Å². The lowest BCUT2D eigenvalue weighted by atomic mass is 10.3. The average Bonchev–Trinajstić information content (AvgIpc) is 3.05. The van der Waals surface area contributed by atoms with Gasteiger partial charge in [-0.3, -0.25) is 4.21 Å². The molecule has 2 aromatic rings. The fraction of sp³-hybridized carbons (Fsp3) is 0.429. The van der Waals surface area contributed by atoms with Gasteiger partial charge in [0.2, 0.25) is 0 Å². The Balaban J connectivity index is 2.40. The minimum atomic E-state index is -5.90. The summed E-state index contributed by atoms with van der Waals surface area (Å²) >= 11 is 0. The Morgan fingerprint density at radius 2 is 1.76 bits per heavy atom. The summed E-state index contributed by atoms with van der Waals surface area (Å²) in [5, 5.41) is 3.44. The molecule has 2 heterocycles. The molecule has 0 aliphatic rings. The van der Waals surface area contributed by atoms with Crippen molar-refractivity contribution in [1.29, 1.82) is 0 Å². The highest BCUT2D eigenvalue weighted by atomic mass is 32.2. The van der Waals surface area contributed by atoms with E-state index in [4.69, 9.17) is 0 Å². The highest BCUT2D eigenvalue weighted by Gasteiger charge is 2.59. The molecule has 0 saturated heterocycles. The van der Waals surface area contributed by atoms with E-state index in [-0.39, 0.29) is 5.75 Å². The van der Waals surface area contributed by atoms with Gasteiger partial charge >= 0.3 is 18.5 Å². The Morgan fingerprint density at radius 3 is 2.28 bits per heavy atom. The van der Waals surface area contributed by atoms with Gasteiger partial charge in [0, 0.05) is 11.9 Å². The van der Waals surface area contributed by atoms with Crippen molar-refractivity contribution in [3.05, 3.63) is 30.2 Å². The van der Waals surface area contributed by atoms with Crippen LogP contribution < -0.4 is 4.74 Å². The van der Waals surface area contributed by atoms with E-state index in [0.29, 0.717) is 29.3 Å². The first-order valence-corrected chi connectivity index (χ1v) is 8.77. The van der Waals surface area contributed by atoms with E-state index in [1.165, 1.54) is 6.92 Å². The summed E-state index contributed by atoms with van der Waals surface area (Å²) in [6.45, 7) is 1.39. The molecule has 15 heteroatoms. The van der Waals surface area contributed by atoms with E-state index in [1.807, 2.05) is 0 Å². The third-order valence-electron chi connectivity index (χ3n) is 3.28. The number of halogens is 9. The van der Waals surface area contributed by atoms with E-state index >= 15 is 0 Å². The molecular formula is C14H10F9N3O2S. The van der Waals surface area contributed by atoms with E-state index in [2.05, 4.69) is 14.8 Å². The number of hydrogen-bond donors (Lipinski definition) is 0. The predicted molar refractivity (Wildman–Crippen MR) is 79.8 cm³/mol. The van der Waals surface area contributed by atoms with E-state index in [0.717, 1.165) is 0 Å². The van der Waals surface area contributed by atoms with Gasteiger partial charge < -0.3 is 4.74 Å². The number of aromatic nitrogens is 3. The smallest absolute Gasteiger partial charge is 0.427 e. The lowest BCUT2D eigenvalue weighted by Crippen LogP contribution is -2.45. The normalized spacial score (nSPS) is 15.2. The Bertz CT molecular complexity index is 895. The van der Waals surface area contributed by atoms with Crippen LogP contribution >= 0.6 is 0 Å². The molecule has 2 atom stereocenters. The van der Waals surface area contributed by atoms with Crippen molar-refractivity contribution in [2.75, 3.05) is 5.75 Å². The van der Waals surface area contributed by atoms with Gasteiger partial charge in [0.1, 0.15) is 0 Å². The number of alkyl halides is 9. The quantitative estimate of drug-likeness (QED) is 0.611. The summed E-state index contributed by atoms with van der Waals surface area (Å²) in [5.74, 6) is -1.63. The average molecular weight is 455 g/mol. The van der Waals surface area contributed by atoms with Crippen LogP contribution in [0.25, 0.3) is 5.82 Å².